The Hall–Kier alpha value is -2.57. The lowest BCUT2D eigenvalue weighted by Gasteiger charge is -2.32. The summed E-state index contributed by atoms with van der Waals surface area (Å²) in [6.45, 7) is 8.51. The van der Waals surface area contributed by atoms with E-state index in [2.05, 4.69) is 29.7 Å². The molecule has 1 heterocycles. The van der Waals surface area contributed by atoms with Crippen molar-refractivity contribution >= 4 is 17.9 Å². The van der Waals surface area contributed by atoms with Gasteiger partial charge in [0.05, 0.1) is 0 Å². The molecule has 7 nitrogen and oxygen atoms in total. The van der Waals surface area contributed by atoms with Crippen LogP contribution in [0.15, 0.2) is 24.3 Å². The number of hydrogen-bond acceptors (Lipinski definition) is 4. The molecule has 2 N–H and O–H groups in total. The minimum atomic E-state index is -0.610. The molecule has 0 unspecified atom stereocenters. The second-order valence-corrected chi connectivity index (χ2v) is 8.50. The third kappa shape index (κ3) is 8.13. The number of nitrogens with zero attached hydrogens (tertiary/aromatic N) is 1. The van der Waals surface area contributed by atoms with Gasteiger partial charge in [0.25, 0.3) is 0 Å². The fraction of sp³-hybridized carbons (Fsp3) is 0.591. The number of benzene rings is 1. The first kappa shape index (κ1) is 22.7. The summed E-state index contributed by atoms with van der Waals surface area (Å²) < 4.78 is 5.11. The highest BCUT2D eigenvalue weighted by Crippen LogP contribution is 2.14. The number of carbonyl (C=O) groups is 3. The summed E-state index contributed by atoms with van der Waals surface area (Å²) in [7, 11) is 0. The molecule has 1 aromatic carbocycles. The largest absolute Gasteiger partial charge is 0.444 e. The molecular formula is C22H33N3O4. The highest BCUT2D eigenvalue weighted by Gasteiger charge is 2.24. The second kappa shape index (κ2) is 10.3. The molecule has 3 amide bonds. The molecule has 1 fully saturated rings. The molecule has 0 aromatic heterocycles. The molecule has 0 atom stereocenters. The average molecular weight is 404 g/mol. The van der Waals surface area contributed by atoms with Crippen LogP contribution < -0.4 is 10.6 Å². The molecule has 0 radical (unpaired) electrons. The Balaban J connectivity index is 1.66. The van der Waals surface area contributed by atoms with Crippen molar-refractivity contribution in [1.82, 2.24) is 15.5 Å². The van der Waals surface area contributed by atoms with Crippen LogP contribution >= 0.6 is 0 Å². The SMILES string of the molecule is Cc1ccccc1CCC(=O)N1CCC(NC(=O)CNC(=O)OC(C)(C)C)CC1. The van der Waals surface area contributed by atoms with Crippen LogP contribution in [0.2, 0.25) is 0 Å². The predicted molar refractivity (Wildman–Crippen MR) is 111 cm³/mol. The highest BCUT2D eigenvalue weighted by molar-refractivity contribution is 5.82. The van der Waals surface area contributed by atoms with E-state index in [1.54, 1.807) is 20.8 Å². The lowest BCUT2D eigenvalue weighted by molar-refractivity contribution is -0.132. The molecule has 160 valence electrons. The first-order chi connectivity index (χ1) is 13.6. The fourth-order valence-electron chi connectivity index (χ4n) is 3.31. The third-order valence-electron chi connectivity index (χ3n) is 4.87. The first-order valence-corrected chi connectivity index (χ1v) is 10.2. The van der Waals surface area contributed by atoms with Gasteiger partial charge in [-0.1, -0.05) is 24.3 Å². The van der Waals surface area contributed by atoms with Gasteiger partial charge in [0.1, 0.15) is 12.1 Å². The van der Waals surface area contributed by atoms with Gasteiger partial charge in [-0.15, -0.1) is 0 Å². The van der Waals surface area contributed by atoms with E-state index in [1.807, 2.05) is 17.0 Å². The van der Waals surface area contributed by atoms with Gasteiger partial charge >= 0.3 is 6.09 Å². The molecule has 29 heavy (non-hydrogen) atoms. The zero-order valence-corrected chi connectivity index (χ0v) is 17.9. The van der Waals surface area contributed by atoms with Gasteiger partial charge in [0.15, 0.2) is 0 Å². The van der Waals surface area contributed by atoms with Crippen molar-refractivity contribution in [1.29, 1.82) is 0 Å². The molecule has 7 heteroatoms. The molecular weight excluding hydrogens is 370 g/mol. The molecule has 1 saturated heterocycles. The number of aryl methyl sites for hydroxylation is 2. The number of alkyl carbamates (subject to hydrolysis) is 1. The molecule has 0 bridgehead atoms. The van der Waals surface area contributed by atoms with Gasteiger partial charge in [-0.3, -0.25) is 9.59 Å². The van der Waals surface area contributed by atoms with Gasteiger partial charge in [-0.25, -0.2) is 4.79 Å². The topological polar surface area (TPSA) is 87.7 Å². The normalized spacial score (nSPS) is 15.0. The minimum Gasteiger partial charge on any atom is -0.444 e. The van der Waals surface area contributed by atoms with E-state index in [-0.39, 0.29) is 24.4 Å². The average Bonchev–Trinajstić information content (AvgIpc) is 2.65. The van der Waals surface area contributed by atoms with Crippen LogP contribution in [-0.4, -0.2) is 54.1 Å². The summed E-state index contributed by atoms with van der Waals surface area (Å²) in [6, 6.07) is 8.14. The zero-order valence-electron chi connectivity index (χ0n) is 17.9. The van der Waals surface area contributed by atoms with Crippen molar-refractivity contribution < 1.29 is 19.1 Å². The second-order valence-electron chi connectivity index (χ2n) is 8.50. The Kier molecular flexibility index (Phi) is 8.05. The molecule has 1 aromatic rings. The van der Waals surface area contributed by atoms with E-state index in [1.165, 1.54) is 11.1 Å². The van der Waals surface area contributed by atoms with Crippen LogP contribution in [0.5, 0.6) is 0 Å². The van der Waals surface area contributed by atoms with Gasteiger partial charge in [-0.05, 0) is 58.1 Å². The van der Waals surface area contributed by atoms with E-state index in [9.17, 15) is 14.4 Å². The molecule has 1 aliphatic rings. The monoisotopic (exact) mass is 403 g/mol. The van der Waals surface area contributed by atoms with Crippen molar-refractivity contribution in [2.24, 2.45) is 0 Å². The lowest BCUT2D eigenvalue weighted by atomic mass is 10.0. The maximum Gasteiger partial charge on any atom is 0.408 e. The van der Waals surface area contributed by atoms with E-state index in [4.69, 9.17) is 4.74 Å². The summed E-state index contributed by atoms with van der Waals surface area (Å²) in [4.78, 5) is 38.0. The van der Waals surface area contributed by atoms with E-state index >= 15 is 0 Å². The third-order valence-corrected chi connectivity index (χ3v) is 4.87. The van der Waals surface area contributed by atoms with Crippen molar-refractivity contribution in [3.05, 3.63) is 35.4 Å². The Labute approximate surface area is 173 Å². The molecule has 0 spiro atoms. The lowest BCUT2D eigenvalue weighted by Crippen LogP contribution is -2.49. The van der Waals surface area contributed by atoms with Crippen LogP contribution in [0.4, 0.5) is 4.79 Å². The molecule has 0 saturated carbocycles. The van der Waals surface area contributed by atoms with Crippen molar-refractivity contribution in [3.63, 3.8) is 0 Å². The van der Waals surface area contributed by atoms with Gasteiger partial charge in [-0.2, -0.15) is 0 Å². The quantitative estimate of drug-likeness (QED) is 0.764. The Morgan fingerprint density at radius 3 is 2.41 bits per heavy atom. The van der Waals surface area contributed by atoms with Gasteiger partial charge in [0, 0.05) is 25.6 Å². The standard InChI is InChI=1S/C22H33N3O4/c1-16-7-5-6-8-17(16)9-10-20(27)25-13-11-18(12-14-25)24-19(26)15-23-21(28)29-22(2,3)4/h5-8,18H,9-15H2,1-4H3,(H,23,28)(H,24,26). The number of carbonyl (C=O) groups excluding carboxylic acids is 3. The first-order valence-electron chi connectivity index (χ1n) is 10.2. The smallest absolute Gasteiger partial charge is 0.408 e. The number of amides is 3. The molecule has 0 aliphatic carbocycles. The van der Waals surface area contributed by atoms with Gasteiger partial charge < -0.3 is 20.3 Å². The zero-order chi connectivity index (χ0) is 21.4. The van der Waals surface area contributed by atoms with Crippen LogP contribution in [0.3, 0.4) is 0 Å². The summed E-state index contributed by atoms with van der Waals surface area (Å²) >= 11 is 0. The number of rotatable bonds is 6. The fourth-order valence-corrected chi connectivity index (χ4v) is 3.31. The van der Waals surface area contributed by atoms with E-state index < -0.39 is 11.7 Å². The number of nitrogens with one attached hydrogen (secondary N) is 2. The Morgan fingerprint density at radius 1 is 1.14 bits per heavy atom. The summed E-state index contributed by atoms with van der Waals surface area (Å²) in [6.07, 6.45) is 2.07. The summed E-state index contributed by atoms with van der Waals surface area (Å²) in [5.41, 5.74) is 1.82. The minimum absolute atomic E-state index is 0.0170. The van der Waals surface area contributed by atoms with Crippen LogP contribution in [-0.2, 0) is 20.7 Å². The summed E-state index contributed by atoms with van der Waals surface area (Å²) in [5, 5.41) is 5.37. The van der Waals surface area contributed by atoms with Crippen LogP contribution in [0.1, 0.15) is 51.2 Å². The molecule has 1 aliphatic heterocycles. The Morgan fingerprint density at radius 2 is 1.79 bits per heavy atom. The van der Waals surface area contributed by atoms with Gasteiger partial charge in [0.2, 0.25) is 11.8 Å². The Bertz CT molecular complexity index is 719. The van der Waals surface area contributed by atoms with Crippen molar-refractivity contribution in [2.45, 2.75) is 65.0 Å². The molecule has 2 rings (SSSR count). The summed E-state index contributed by atoms with van der Waals surface area (Å²) in [5.74, 6) is -0.0928. The number of ether oxygens (including phenoxy) is 1. The number of piperidine rings is 1. The predicted octanol–water partition coefficient (Wildman–Crippen LogP) is 2.56. The van der Waals surface area contributed by atoms with Crippen LogP contribution in [0, 0.1) is 6.92 Å². The number of likely N-dealkylation sites (tertiary alicyclic amines) is 1. The maximum atomic E-state index is 12.5. The highest BCUT2D eigenvalue weighted by atomic mass is 16.6. The van der Waals surface area contributed by atoms with Crippen molar-refractivity contribution in [3.8, 4) is 0 Å². The van der Waals surface area contributed by atoms with Crippen LogP contribution in [0.25, 0.3) is 0 Å². The van der Waals surface area contributed by atoms with E-state index in [0.29, 0.717) is 32.4 Å². The van der Waals surface area contributed by atoms with Crippen molar-refractivity contribution in [2.75, 3.05) is 19.6 Å². The van der Waals surface area contributed by atoms with E-state index in [0.717, 1.165) is 6.42 Å². The number of hydrogen-bond donors (Lipinski definition) is 2. The maximum absolute atomic E-state index is 12.5.